The van der Waals surface area contributed by atoms with Crippen LogP contribution in [0.4, 0.5) is 0 Å². The molecule has 18 heavy (non-hydrogen) atoms. The Balaban J connectivity index is 2.76. The van der Waals surface area contributed by atoms with Crippen LogP contribution in [0.25, 0.3) is 16.9 Å². The summed E-state index contributed by atoms with van der Waals surface area (Å²) in [5.74, 6) is 0.582. The van der Waals surface area contributed by atoms with E-state index in [0.29, 0.717) is 16.9 Å². The first kappa shape index (κ1) is 10.8. The summed E-state index contributed by atoms with van der Waals surface area (Å²) in [5.41, 5.74) is 2.00. The van der Waals surface area contributed by atoms with Crippen LogP contribution in [-0.4, -0.2) is 23.5 Å². The number of fused-ring (bicyclic) bond motifs is 3. The maximum atomic E-state index is 12.2. The van der Waals surface area contributed by atoms with Gasteiger partial charge in [-0.3, -0.25) is 18.3 Å². The zero-order valence-electron chi connectivity index (χ0n) is 10.6. The number of aromatic nitrogens is 5. The third-order valence-corrected chi connectivity index (χ3v) is 3.44. The van der Waals surface area contributed by atoms with Gasteiger partial charge >= 0.3 is 5.69 Å². The number of H-pyrrole nitrogens is 1. The summed E-state index contributed by atoms with van der Waals surface area (Å²) in [6.07, 6.45) is 0. The highest BCUT2D eigenvalue weighted by Crippen LogP contribution is 2.15. The second-order valence-electron chi connectivity index (χ2n) is 4.48. The first-order valence-corrected chi connectivity index (χ1v) is 5.57. The number of nitrogens with zero attached hydrogens (tertiary/aromatic N) is 4. The van der Waals surface area contributed by atoms with Crippen molar-refractivity contribution < 1.29 is 0 Å². The van der Waals surface area contributed by atoms with Gasteiger partial charge in [-0.25, -0.2) is 4.79 Å². The fourth-order valence-corrected chi connectivity index (χ4v) is 2.23. The molecule has 0 atom stereocenters. The lowest BCUT2D eigenvalue weighted by atomic mass is 10.4. The van der Waals surface area contributed by atoms with Gasteiger partial charge in [-0.2, -0.15) is 4.98 Å². The van der Waals surface area contributed by atoms with E-state index in [0.717, 1.165) is 16.0 Å². The van der Waals surface area contributed by atoms with Crippen LogP contribution in [0.2, 0.25) is 0 Å². The third kappa shape index (κ3) is 1.06. The molecule has 3 heterocycles. The molecule has 7 nitrogen and oxygen atoms in total. The Hall–Kier alpha value is -2.31. The first-order chi connectivity index (χ1) is 8.43. The van der Waals surface area contributed by atoms with E-state index in [1.54, 1.807) is 11.4 Å². The fourth-order valence-electron chi connectivity index (χ4n) is 2.23. The Kier molecular flexibility index (Phi) is 1.88. The van der Waals surface area contributed by atoms with Crippen molar-refractivity contribution in [1.29, 1.82) is 0 Å². The molecular formula is C11H13N5O2. The maximum Gasteiger partial charge on any atom is 0.332 e. The lowest BCUT2D eigenvalue weighted by Crippen LogP contribution is -2.37. The predicted octanol–water partition coefficient (Wildman–Crippen LogP) is -0.170. The van der Waals surface area contributed by atoms with Gasteiger partial charge in [-0.15, -0.1) is 0 Å². The second kappa shape index (κ2) is 3.12. The summed E-state index contributed by atoms with van der Waals surface area (Å²) in [6, 6.07) is 0. The zero-order valence-corrected chi connectivity index (χ0v) is 10.6. The molecule has 0 fully saturated rings. The monoisotopic (exact) mass is 247 g/mol. The molecule has 0 saturated carbocycles. The molecule has 0 radical (unpaired) electrons. The molecule has 3 aromatic rings. The van der Waals surface area contributed by atoms with Crippen LogP contribution in [-0.2, 0) is 14.1 Å². The lowest BCUT2D eigenvalue weighted by Gasteiger charge is -2.02. The average molecular weight is 247 g/mol. The minimum absolute atomic E-state index is 0.331. The Bertz CT molecular complexity index is 906. The van der Waals surface area contributed by atoms with Crippen molar-refractivity contribution in [3.05, 3.63) is 32.2 Å². The van der Waals surface area contributed by atoms with Crippen molar-refractivity contribution in [2.75, 3.05) is 0 Å². The van der Waals surface area contributed by atoms with E-state index < -0.39 is 0 Å². The van der Waals surface area contributed by atoms with E-state index in [2.05, 4.69) is 9.97 Å². The average Bonchev–Trinajstić information content (AvgIpc) is 2.83. The van der Waals surface area contributed by atoms with Gasteiger partial charge in [0.25, 0.3) is 5.56 Å². The van der Waals surface area contributed by atoms with Crippen molar-refractivity contribution in [3.8, 4) is 0 Å². The molecule has 0 saturated heterocycles. The summed E-state index contributed by atoms with van der Waals surface area (Å²) in [4.78, 5) is 31.4. The molecule has 94 valence electrons. The predicted molar refractivity (Wildman–Crippen MR) is 67.0 cm³/mol. The van der Waals surface area contributed by atoms with Crippen molar-refractivity contribution in [3.63, 3.8) is 0 Å². The van der Waals surface area contributed by atoms with Crippen LogP contribution in [0, 0.1) is 13.8 Å². The van der Waals surface area contributed by atoms with Crippen LogP contribution in [0.1, 0.15) is 11.4 Å². The van der Waals surface area contributed by atoms with E-state index in [-0.39, 0.29) is 11.2 Å². The Morgan fingerprint density at radius 2 is 1.78 bits per heavy atom. The number of hydrogen-bond donors (Lipinski definition) is 1. The van der Waals surface area contributed by atoms with Gasteiger partial charge in [0.2, 0.25) is 5.78 Å². The highest BCUT2D eigenvalue weighted by atomic mass is 16.2. The van der Waals surface area contributed by atoms with Gasteiger partial charge in [-0.05, 0) is 13.8 Å². The highest BCUT2D eigenvalue weighted by molar-refractivity contribution is 5.76. The van der Waals surface area contributed by atoms with Crippen LogP contribution in [0.3, 0.4) is 0 Å². The molecule has 1 N–H and O–H groups in total. The molecule has 0 unspecified atom stereocenters. The molecular weight excluding hydrogens is 234 g/mol. The number of imidazole rings is 2. The molecule has 0 aliphatic carbocycles. The number of hydrogen-bond acceptors (Lipinski definition) is 3. The normalized spacial score (nSPS) is 11.8. The molecule has 0 spiro atoms. The molecule has 3 rings (SSSR count). The quantitative estimate of drug-likeness (QED) is 0.599. The molecule has 0 aromatic carbocycles. The topological polar surface area (TPSA) is 77.1 Å². The number of nitrogens with one attached hydrogen (secondary N) is 1. The van der Waals surface area contributed by atoms with E-state index in [1.807, 2.05) is 13.8 Å². The summed E-state index contributed by atoms with van der Waals surface area (Å²) in [7, 11) is 3.08. The molecule has 7 heteroatoms. The number of rotatable bonds is 0. The largest absolute Gasteiger partial charge is 0.332 e. The summed E-state index contributed by atoms with van der Waals surface area (Å²) < 4.78 is 4.23. The minimum Gasteiger partial charge on any atom is -0.327 e. The summed E-state index contributed by atoms with van der Waals surface area (Å²) >= 11 is 0. The van der Waals surface area contributed by atoms with Crippen molar-refractivity contribution in [2.45, 2.75) is 13.8 Å². The van der Waals surface area contributed by atoms with Gasteiger partial charge in [0.1, 0.15) is 0 Å². The number of aryl methyl sites for hydroxylation is 3. The standard InChI is InChI=1S/C11H13N5O2/c1-5-6(2)16-7-8(13-10(16)12-5)14(3)11(18)15(4)9(7)17/h1-4H3,(H,12,13). The Morgan fingerprint density at radius 3 is 2.44 bits per heavy atom. The second-order valence-corrected chi connectivity index (χ2v) is 4.48. The van der Waals surface area contributed by atoms with Crippen LogP contribution in [0.15, 0.2) is 9.59 Å². The van der Waals surface area contributed by atoms with Crippen molar-refractivity contribution in [2.24, 2.45) is 14.1 Å². The molecule has 0 aliphatic rings. The van der Waals surface area contributed by atoms with Gasteiger partial charge in [-0.1, -0.05) is 0 Å². The molecule has 0 bridgehead atoms. The Morgan fingerprint density at radius 1 is 1.11 bits per heavy atom. The van der Waals surface area contributed by atoms with Crippen LogP contribution >= 0.6 is 0 Å². The van der Waals surface area contributed by atoms with Crippen LogP contribution < -0.4 is 11.2 Å². The molecule has 0 aliphatic heterocycles. The number of aromatic amines is 1. The first-order valence-electron chi connectivity index (χ1n) is 5.57. The maximum absolute atomic E-state index is 12.2. The lowest BCUT2D eigenvalue weighted by molar-refractivity contribution is 0.707. The minimum atomic E-state index is -0.373. The van der Waals surface area contributed by atoms with Crippen molar-refractivity contribution >= 4 is 16.9 Å². The van der Waals surface area contributed by atoms with Crippen molar-refractivity contribution in [1.82, 2.24) is 23.5 Å². The third-order valence-electron chi connectivity index (χ3n) is 3.44. The van der Waals surface area contributed by atoms with Gasteiger partial charge in [0, 0.05) is 25.5 Å². The summed E-state index contributed by atoms with van der Waals surface area (Å²) in [6.45, 7) is 3.83. The smallest absolute Gasteiger partial charge is 0.327 e. The fraction of sp³-hybridized carbons (Fsp3) is 0.364. The zero-order chi connectivity index (χ0) is 13.2. The molecule has 0 amide bonds. The SMILES string of the molecule is Cc1[nH]c2nc3c(c(=O)n(C)c(=O)n3C)n2c1C. The van der Waals surface area contributed by atoms with Gasteiger partial charge in [0.05, 0.1) is 0 Å². The van der Waals surface area contributed by atoms with E-state index in [4.69, 9.17) is 0 Å². The van der Waals surface area contributed by atoms with E-state index in [9.17, 15) is 9.59 Å². The summed E-state index contributed by atoms with van der Waals surface area (Å²) in [5, 5.41) is 0. The van der Waals surface area contributed by atoms with E-state index in [1.165, 1.54) is 11.6 Å². The van der Waals surface area contributed by atoms with Crippen LogP contribution in [0.5, 0.6) is 0 Å². The van der Waals surface area contributed by atoms with E-state index >= 15 is 0 Å². The van der Waals surface area contributed by atoms with Gasteiger partial charge in [0.15, 0.2) is 11.2 Å². The highest BCUT2D eigenvalue weighted by Gasteiger charge is 2.18. The Labute approximate surface area is 101 Å². The van der Waals surface area contributed by atoms with Gasteiger partial charge < -0.3 is 4.98 Å². The molecule has 3 aromatic heterocycles.